The van der Waals surface area contributed by atoms with Crippen LogP contribution in [0.25, 0.3) is 0 Å². The van der Waals surface area contributed by atoms with Gasteiger partial charge in [0.2, 0.25) is 10.0 Å². The van der Waals surface area contributed by atoms with Crippen LogP contribution < -0.4 is 10.5 Å². The number of sulfonamides is 1. The Balaban J connectivity index is 2.63. The van der Waals surface area contributed by atoms with Gasteiger partial charge in [-0.3, -0.25) is 0 Å². The normalized spacial score (nSPS) is 12.6. The molecule has 0 aliphatic carbocycles. The van der Waals surface area contributed by atoms with E-state index < -0.39 is 21.3 Å². The lowest BCUT2D eigenvalue weighted by Crippen LogP contribution is -2.26. The predicted octanol–water partition coefficient (Wildman–Crippen LogP) is 2.45. The summed E-state index contributed by atoms with van der Waals surface area (Å²) in [4.78, 5) is -0.149. The fraction of sp³-hybridized carbons (Fsp3) is 0.333. The Labute approximate surface area is 117 Å². The largest absolute Gasteiger partial charge is 0.441 e. The lowest BCUT2D eigenvalue weighted by atomic mass is 10.3. The molecule has 108 valence electrons. The number of anilines is 1. The van der Waals surface area contributed by atoms with Crippen molar-refractivity contribution in [3.63, 3.8) is 0 Å². The summed E-state index contributed by atoms with van der Waals surface area (Å²) in [5.41, 5.74) is 1.26. The summed E-state index contributed by atoms with van der Waals surface area (Å²) in [5.74, 6) is -0.411. The van der Waals surface area contributed by atoms with Crippen molar-refractivity contribution in [2.45, 2.75) is 10.4 Å². The van der Waals surface area contributed by atoms with Crippen molar-refractivity contribution in [3.05, 3.63) is 23.2 Å². The Bertz CT molecular complexity index is 549. The molecule has 0 heterocycles. The number of alkyl halides is 3. The molecule has 3 N–H and O–H groups in total. The van der Waals surface area contributed by atoms with E-state index in [4.69, 9.17) is 17.3 Å². The number of rotatable bonds is 5. The molecule has 0 aliphatic rings. The van der Waals surface area contributed by atoms with Crippen molar-refractivity contribution in [1.29, 1.82) is 0 Å². The first-order valence-corrected chi connectivity index (χ1v) is 7.72. The molecule has 19 heavy (non-hydrogen) atoms. The Kier molecular flexibility index (Phi) is 5.36. The average Bonchev–Trinajstić information content (AvgIpc) is 2.27. The minimum atomic E-state index is -4.38. The van der Waals surface area contributed by atoms with Crippen LogP contribution >= 0.6 is 23.4 Å². The summed E-state index contributed by atoms with van der Waals surface area (Å²) < 4.78 is 61.0. The van der Waals surface area contributed by atoms with Crippen LogP contribution in [0.4, 0.5) is 18.9 Å². The van der Waals surface area contributed by atoms with Crippen molar-refractivity contribution in [1.82, 2.24) is 4.72 Å². The molecular formula is C9H10ClF3N2O2S2. The highest BCUT2D eigenvalue weighted by Crippen LogP contribution is 2.29. The van der Waals surface area contributed by atoms with Gasteiger partial charge in [0.15, 0.2) is 0 Å². The third kappa shape index (κ3) is 5.47. The lowest BCUT2D eigenvalue weighted by molar-refractivity contribution is -0.0327. The van der Waals surface area contributed by atoms with Gasteiger partial charge in [-0.05, 0) is 30.0 Å². The van der Waals surface area contributed by atoms with Crippen molar-refractivity contribution >= 4 is 39.1 Å². The van der Waals surface area contributed by atoms with Crippen LogP contribution in [0.3, 0.4) is 0 Å². The molecule has 0 bridgehead atoms. The predicted molar refractivity (Wildman–Crippen MR) is 69.6 cm³/mol. The number of nitrogens with two attached hydrogens (primary N) is 1. The van der Waals surface area contributed by atoms with Crippen molar-refractivity contribution in [2.75, 3.05) is 18.0 Å². The second-order valence-corrected chi connectivity index (χ2v) is 6.71. The Morgan fingerprint density at radius 3 is 2.53 bits per heavy atom. The van der Waals surface area contributed by atoms with E-state index in [0.717, 1.165) is 6.07 Å². The standard InChI is InChI=1S/C9H10ClF3N2O2S2/c10-7-5-6(1-2-8(7)14)19(16,17)15-3-4-18-9(11,12)13/h1-2,5,15H,3-4,14H2. The number of thioether (sulfide) groups is 1. The molecule has 0 aliphatic heterocycles. The maximum absolute atomic E-state index is 11.9. The fourth-order valence-corrected chi connectivity index (χ4v) is 2.97. The second-order valence-electron chi connectivity index (χ2n) is 3.38. The summed E-state index contributed by atoms with van der Waals surface area (Å²) in [7, 11) is -3.89. The lowest BCUT2D eigenvalue weighted by Gasteiger charge is -2.09. The molecule has 1 aromatic carbocycles. The summed E-state index contributed by atoms with van der Waals surface area (Å²) in [5, 5.41) is 0.0625. The third-order valence-electron chi connectivity index (χ3n) is 1.94. The van der Waals surface area contributed by atoms with E-state index >= 15 is 0 Å². The third-order valence-corrected chi connectivity index (χ3v) is 4.46. The van der Waals surface area contributed by atoms with Crippen molar-refractivity contribution in [2.24, 2.45) is 0 Å². The zero-order valence-electron chi connectivity index (χ0n) is 9.37. The number of benzene rings is 1. The van der Waals surface area contributed by atoms with Gasteiger partial charge in [-0.25, -0.2) is 13.1 Å². The van der Waals surface area contributed by atoms with Gasteiger partial charge in [-0.15, -0.1) is 0 Å². The first kappa shape index (κ1) is 16.4. The van der Waals surface area contributed by atoms with E-state index in [9.17, 15) is 21.6 Å². The van der Waals surface area contributed by atoms with Crippen LogP contribution in [0.15, 0.2) is 23.1 Å². The molecule has 0 spiro atoms. The average molecular weight is 335 g/mol. The molecule has 1 aromatic rings. The molecule has 0 fully saturated rings. The highest BCUT2D eigenvalue weighted by atomic mass is 35.5. The number of hydrogen-bond acceptors (Lipinski definition) is 4. The number of hydrogen-bond donors (Lipinski definition) is 2. The molecule has 1 rings (SSSR count). The topological polar surface area (TPSA) is 72.2 Å². The maximum atomic E-state index is 11.9. The van der Waals surface area contributed by atoms with Crippen molar-refractivity contribution < 1.29 is 21.6 Å². The summed E-state index contributed by atoms with van der Waals surface area (Å²) in [6, 6.07) is 3.66. The SMILES string of the molecule is Nc1ccc(S(=O)(=O)NCCSC(F)(F)F)cc1Cl. The molecule has 0 radical (unpaired) electrons. The molecule has 0 aromatic heterocycles. The minimum Gasteiger partial charge on any atom is -0.398 e. The molecule has 0 atom stereocenters. The van der Waals surface area contributed by atoms with Gasteiger partial charge in [0.25, 0.3) is 0 Å². The van der Waals surface area contributed by atoms with E-state index in [-0.39, 0.29) is 33.9 Å². The minimum absolute atomic E-state index is 0.0625. The zero-order chi connectivity index (χ0) is 14.7. The van der Waals surface area contributed by atoms with Crippen LogP contribution in [-0.2, 0) is 10.0 Å². The van der Waals surface area contributed by atoms with Crippen LogP contribution in [-0.4, -0.2) is 26.2 Å². The van der Waals surface area contributed by atoms with Gasteiger partial charge in [0, 0.05) is 12.3 Å². The molecular weight excluding hydrogens is 325 g/mol. The first-order valence-electron chi connectivity index (χ1n) is 4.87. The number of halogens is 4. The quantitative estimate of drug-likeness (QED) is 0.641. The number of nitrogen functional groups attached to an aromatic ring is 1. The highest BCUT2D eigenvalue weighted by Gasteiger charge is 2.27. The van der Waals surface area contributed by atoms with Gasteiger partial charge >= 0.3 is 5.51 Å². The van der Waals surface area contributed by atoms with E-state index in [0.29, 0.717) is 0 Å². The van der Waals surface area contributed by atoms with Crippen LogP contribution in [0, 0.1) is 0 Å². The summed E-state index contributed by atoms with van der Waals surface area (Å²) in [6.45, 7) is -0.339. The molecule has 0 saturated heterocycles. The Morgan fingerprint density at radius 2 is 2.00 bits per heavy atom. The maximum Gasteiger partial charge on any atom is 0.441 e. The van der Waals surface area contributed by atoms with Crippen LogP contribution in [0.5, 0.6) is 0 Å². The zero-order valence-corrected chi connectivity index (χ0v) is 11.8. The monoisotopic (exact) mass is 334 g/mol. The van der Waals surface area contributed by atoms with E-state index in [2.05, 4.69) is 0 Å². The van der Waals surface area contributed by atoms with Gasteiger partial charge in [0.05, 0.1) is 15.6 Å². The van der Waals surface area contributed by atoms with Crippen LogP contribution in [0.1, 0.15) is 0 Å². The van der Waals surface area contributed by atoms with Gasteiger partial charge in [0.1, 0.15) is 0 Å². The Morgan fingerprint density at radius 1 is 1.37 bits per heavy atom. The Hall–Kier alpha value is -0.640. The highest BCUT2D eigenvalue weighted by molar-refractivity contribution is 8.00. The van der Waals surface area contributed by atoms with Gasteiger partial charge in [-0.1, -0.05) is 11.6 Å². The smallest absolute Gasteiger partial charge is 0.398 e. The van der Waals surface area contributed by atoms with Crippen molar-refractivity contribution in [3.8, 4) is 0 Å². The summed E-state index contributed by atoms with van der Waals surface area (Å²) in [6.07, 6.45) is 0. The molecule has 4 nitrogen and oxygen atoms in total. The molecule has 0 unspecified atom stereocenters. The second kappa shape index (κ2) is 6.21. The fourth-order valence-electron chi connectivity index (χ4n) is 1.10. The van der Waals surface area contributed by atoms with E-state index in [1.54, 1.807) is 0 Å². The molecule has 0 amide bonds. The first-order chi connectivity index (χ1) is 8.62. The molecule has 0 saturated carbocycles. The van der Waals surface area contributed by atoms with Gasteiger partial charge in [-0.2, -0.15) is 13.2 Å². The summed E-state index contributed by atoms with van der Waals surface area (Å²) >= 11 is 5.37. The van der Waals surface area contributed by atoms with E-state index in [1.807, 2.05) is 4.72 Å². The van der Waals surface area contributed by atoms with Gasteiger partial charge < -0.3 is 5.73 Å². The molecule has 10 heteroatoms. The number of nitrogens with one attached hydrogen (secondary N) is 1. The van der Waals surface area contributed by atoms with E-state index in [1.165, 1.54) is 12.1 Å². The van der Waals surface area contributed by atoms with Crippen LogP contribution in [0.2, 0.25) is 5.02 Å².